The Hall–Kier alpha value is -1.26. The van der Waals surface area contributed by atoms with Gasteiger partial charge in [0.1, 0.15) is 0 Å². The number of ether oxygens (including phenoxy) is 2. The Labute approximate surface area is 176 Å². The SMILES string of the molecule is CCc1cc(OC)c(OC)c(C(O)[C@@H]2[C@@]3(C)CCCC(C)(C)C3CC[C@@]2(C)O)c1. The van der Waals surface area contributed by atoms with Gasteiger partial charge in [-0.3, -0.25) is 0 Å². The van der Waals surface area contributed by atoms with E-state index in [-0.39, 0.29) is 16.7 Å². The minimum Gasteiger partial charge on any atom is -0.493 e. The van der Waals surface area contributed by atoms with Crippen molar-refractivity contribution in [2.24, 2.45) is 22.7 Å². The topological polar surface area (TPSA) is 58.9 Å². The van der Waals surface area contributed by atoms with Crippen LogP contribution in [0.4, 0.5) is 0 Å². The molecule has 1 aromatic carbocycles. The van der Waals surface area contributed by atoms with Gasteiger partial charge in [0.2, 0.25) is 0 Å². The van der Waals surface area contributed by atoms with Crippen molar-refractivity contribution in [2.75, 3.05) is 14.2 Å². The molecule has 2 aliphatic rings. The molecule has 1 aromatic rings. The van der Waals surface area contributed by atoms with Crippen molar-refractivity contribution in [2.45, 2.75) is 84.8 Å². The van der Waals surface area contributed by atoms with E-state index in [1.54, 1.807) is 14.2 Å². The van der Waals surface area contributed by atoms with Crippen molar-refractivity contribution >= 4 is 0 Å². The lowest BCUT2D eigenvalue weighted by Gasteiger charge is -2.62. The van der Waals surface area contributed by atoms with Gasteiger partial charge in [-0.05, 0) is 73.5 Å². The Bertz CT molecular complexity index is 739. The molecule has 0 saturated heterocycles. The first-order valence-corrected chi connectivity index (χ1v) is 11.2. The summed E-state index contributed by atoms with van der Waals surface area (Å²) < 4.78 is 11.3. The number of fused-ring (bicyclic) bond motifs is 1. The second-order valence-corrected chi connectivity index (χ2v) is 10.5. The Kier molecular flexibility index (Phi) is 6.01. The first-order chi connectivity index (χ1) is 13.5. The van der Waals surface area contributed by atoms with Gasteiger partial charge in [-0.1, -0.05) is 34.1 Å². The van der Waals surface area contributed by atoms with Crippen LogP contribution >= 0.6 is 0 Å². The maximum Gasteiger partial charge on any atom is 0.166 e. The number of aliphatic hydroxyl groups excluding tert-OH is 1. The van der Waals surface area contributed by atoms with Crippen LogP contribution in [0.3, 0.4) is 0 Å². The predicted octanol–water partition coefficient (Wildman–Crippen LogP) is 5.29. The highest BCUT2D eigenvalue weighted by molar-refractivity contribution is 5.51. The first-order valence-electron chi connectivity index (χ1n) is 11.2. The van der Waals surface area contributed by atoms with E-state index in [2.05, 4.69) is 27.7 Å². The number of benzene rings is 1. The average molecular weight is 405 g/mol. The summed E-state index contributed by atoms with van der Waals surface area (Å²) in [6.07, 6.45) is 5.12. The van der Waals surface area contributed by atoms with E-state index >= 15 is 0 Å². The van der Waals surface area contributed by atoms with Crippen LogP contribution in [-0.2, 0) is 6.42 Å². The van der Waals surface area contributed by atoms with Crippen LogP contribution in [0.5, 0.6) is 11.5 Å². The summed E-state index contributed by atoms with van der Waals surface area (Å²) in [4.78, 5) is 0. The van der Waals surface area contributed by atoms with Crippen LogP contribution in [-0.4, -0.2) is 30.0 Å². The van der Waals surface area contributed by atoms with Crippen molar-refractivity contribution in [1.82, 2.24) is 0 Å². The molecule has 2 fully saturated rings. The van der Waals surface area contributed by atoms with E-state index in [9.17, 15) is 10.2 Å². The second kappa shape index (κ2) is 7.77. The van der Waals surface area contributed by atoms with Crippen molar-refractivity contribution in [3.8, 4) is 11.5 Å². The van der Waals surface area contributed by atoms with E-state index in [0.717, 1.165) is 36.8 Å². The summed E-state index contributed by atoms with van der Waals surface area (Å²) in [5.74, 6) is 1.43. The highest BCUT2D eigenvalue weighted by Gasteiger charge is 2.60. The third kappa shape index (κ3) is 3.67. The zero-order chi connectivity index (χ0) is 21.6. The summed E-state index contributed by atoms with van der Waals surface area (Å²) in [5.41, 5.74) is 0.980. The molecule has 4 nitrogen and oxygen atoms in total. The molecule has 3 rings (SSSR count). The van der Waals surface area contributed by atoms with Crippen LogP contribution in [0.25, 0.3) is 0 Å². The minimum absolute atomic E-state index is 0.136. The van der Waals surface area contributed by atoms with Gasteiger partial charge in [-0.15, -0.1) is 0 Å². The Morgan fingerprint density at radius 1 is 1.07 bits per heavy atom. The van der Waals surface area contributed by atoms with Gasteiger partial charge in [0.05, 0.1) is 25.9 Å². The zero-order valence-corrected chi connectivity index (χ0v) is 19.3. The average Bonchev–Trinajstić information content (AvgIpc) is 2.64. The summed E-state index contributed by atoms with van der Waals surface area (Å²) in [5, 5.41) is 23.3. The number of aliphatic hydroxyl groups is 2. The molecular weight excluding hydrogens is 364 g/mol. The molecule has 2 unspecified atom stereocenters. The van der Waals surface area contributed by atoms with Crippen molar-refractivity contribution in [3.63, 3.8) is 0 Å². The van der Waals surface area contributed by atoms with Crippen LogP contribution in [0.2, 0.25) is 0 Å². The van der Waals surface area contributed by atoms with Crippen LogP contribution < -0.4 is 9.47 Å². The monoisotopic (exact) mass is 404 g/mol. The van der Waals surface area contributed by atoms with Crippen LogP contribution in [0, 0.1) is 22.7 Å². The Morgan fingerprint density at radius 3 is 2.34 bits per heavy atom. The summed E-state index contributed by atoms with van der Waals surface area (Å²) >= 11 is 0. The first kappa shape index (κ1) is 22.4. The van der Waals surface area contributed by atoms with Gasteiger partial charge in [0, 0.05) is 11.5 Å². The number of methoxy groups -OCH3 is 2. The van der Waals surface area contributed by atoms with Crippen molar-refractivity contribution in [3.05, 3.63) is 23.3 Å². The lowest BCUT2D eigenvalue weighted by molar-refractivity contribution is -0.201. The highest BCUT2D eigenvalue weighted by Crippen LogP contribution is 2.64. The molecule has 2 saturated carbocycles. The largest absolute Gasteiger partial charge is 0.493 e. The molecule has 0 bridgehead atoms. The quantitative estimate of drug-likeness (QED) is 0.700. The molecule has 164 valence electrons. The molecule has 0 spiro atoms. The summed E-state index contributed by atoms with van der Waals surface area (Å²) in [6, 6.07) is 4.01. The lowest BCUT2D eigenvalue weighted by atomic mass is 9.44. The number of hydrogen-bond donors (Lipinski definition) is 2. The van der Waals surface area contributed by atoms with Gasteiger partial charge in [-0.2, -0.15) is 0 Å². The Morgan fingerprint density at radius 2 is 1.76 bits per heavy atom. The molecule has 29 heavy (non-hydrogen) atoms. The number of hydrogen-bond acceptors (Lipinski definition) is 4. The van der Waals surface area contributed by atoms with Gasteiger partial charge >= 0.3 is 0 Å². The molecule has 5 atom stereocenters. The summed E-state index contributed by atoms with van der Waals surface area (Å²) in [7, 11) is 3.25. The predicted molar refractivity (Wildman–Crippen MR) is 116 cm³/mol. The third-order valence-corrected chi connectivity index (χ3v) is 8.21. The minimum atomic E-state index is -0.932. The lowest BCUT2D eigenvalue weighted by Crippen LogP contribution is -2.59. The molecule has 0 aromatic heterocycles. The third-order valence-electron chi connectivity index (χ3n) is 8.21. The molecule has 2 aliphatic carbocycles. The number of aryl methyl sites for hydroxylation is 1. The molecule has 0 radical (unpaired) electrons. The van der Waals surface area contributed by atoms with Crippen LogP contribution in [0.1, 0.15) is 84.0 Å². The fourth-order valence-electron chi connectivity index (χ4n) is 6.92. The fourth-order valence-corrected chi connectivity index (χ4v) is 6.92. The van der Waals surface area contributed by atoms with Gasteiger partial charge < -0.3 is 19.7 Å². The fraction of sp³-hybridized carbons (Fsp3) is 0.760. The number of rotatable bonds is 5. The molecular formula is C25H40O4. The van der Waals surface area contributed by atoms with E-state index in [0.29, 0.717) is 23.8 Å². The molecule has 0 aliphatic heterocycles. The molecule has 0 heterocycles. The maximum atomic E-state index is 11.8. The van der Waals surface area contributed by atoms with E-state index in [4.69, 9.17) is 9.47 Å². The second-order valence-electron chi connectivity index (χ2n) is 10.5. The van der Waals surface area contributed by atoms with Crippen molar-refractivity contribution < 1.29 is 19.7 Å². The molecule has 4 heteroatoms. The molecule has 2 N–H and O–H groups in total. The summed E-state index contributed by atoms with van der Waals surface area (Å²) in [6.45, 7) is 11.0. The van der Waals surface area contributed by atoms with Gasteiger partial charge in [-0.25, -0.2) is 0 Å². The van der Waals surface area contributed by atoms with Gasteiger partial charge in [0.15, 0.2) is 11.5 Å². The highest BCUT2D eigenvalue weighted by atomic mass is 16.5. The Balaban J connectivity index is 2.14. The normalized spacial score (nSPS) is 34.9. The van der Waals surface area contributed by atoms with Crippen LogP contribution in [0.15, 0.2) is 12.1 Å². The standard InChI is InChI=1S/C25H40O4/c1-8-16-14-17(21(29-7)18(15-16)28-6)20(26)22-24(4)12-9-11-23(2,3)19(24)10-13-25(22,5)27/h14-15,19-20,22,26-27H,8-13H2,1-7H3/t19?,20?,22-,24+,25-/m1/s1. The van der Waals surface area contributed by atoms with E-state index in [1.165, 1.54) is 6.42 Å². The zero-order valence-electron chi connectivity index (χ0n) is 19.3. The van der Waals surface area contributed by atoms with E-state index < -0.39 is 11.7 Å². The van der Waals surface area contributed by atoms with Gasteiger partial charge in [0.25, 0.3) is 0 Å². The van der Waals surface area contributed by atoms with E-state index in [1.807, 2.05) is 19.1 Å². The molecule has 0 amide bonds. The van der Waals surface area contributed by atoms with Crippen molar-refractivity contribution in [1.29, 1.82) is 0 Å². The smallest absolute Gasteiger partial charge is 0.166 e. The maximum absolute atomic E-state index is 11.8.